The normalized spacial score (nSPS) is 13.8. The number of aliphatic carboxylic acids is 1. The van der Waals surface area contributed by atoms with Crippen LogP contribution in [0.2, 0.25) is 0 Å². The van der Waals surface area contributed by atoms with Crippen molar-refractivity contribution in [3.63, 3.8) is 0 Å². The molecule has 0 saturated heterocycles. The van der Waals surface area contributed by atoms with Crippen molar-refractivity contribution in [2.24, 2.45) is 5.73 Å². The molecule has 11 nitrogen and oxygen atoms in total. The van der Waals surface area contributed by atoms with Crippen molar-refractivity contribution < 1.29 is 47.5 Å². The molecule has 52 heavy (non-hydrogen) atoms. The van der Waals surface area contributed by atoms with Crippen molar-refractivity contribution in [2.75, 3.05) is 19.8 Å². The van der Waals surface area contributed by atoms with Crippen LogP contribution in [0.4, 0.5) is 0 Å². The first-order valence-electron chi connectivity index (χ1n) is 21.1. The number of rotatable bonds is 40. The number of carbonyl (C=O) groups excluding carboxylic acids is 2. The predicted octanol–water partition coefficient (Wildman–Crippen LogP) is 10.7. The number of carboxylic acid groups (broad SMARTS) is 1. The molecule has 0 spiro atoms. The number of phosphoric acid groups is 1. The van der Waals surface area contributed by atoms with E-state index in [-0.39, 0.29) is 19.4 Å². The molecular formula is C40H78NO10P. The lowest BCUT2D eigenvalue weighted by Crippen LogP contribution is -2.34. The van der Waals surface area contributed by atoms with Gasteiger partial charge in [-0.25, -0.2) is 4.57 Å². The molecule has 308 valence electrons. The summed E-state index contributed by atoms with van der Waals surface area (Å²) in [5, 5.41) is 8.85. The van der Waals surface area contributed by atoms with Gasteiger partial charge in [-0.05, 0) is 12.8 Å². The Hall–Kier alpha value is -1.52. The van der Waals surface area contributed by atoms with Crippen LogP contribution >= 0.6 is 7.82 Å². The molecule has 0 rings (SSSR count). The van der Waals surface area contributed by atoms with E-state index < -0.39 is 51.1 Å². The molecule has 3 atom stereocenters. The number of carboxylic acids is 1. The van der Waals surface area contributed by atoms with Crippen molar-refractivity contribution in [1.29, 1.82) is 0 Å². The molecule has 0 heterocycles. The van der Waals surface area contributed by atoms with Gasteiger partial charge >= 0.3 is 25.7 Å². The lowest BCUT2D eigenvalue weighted by molar-refractivity contribution is -0.161. The SMILES string of the molecule is CCCCCCCCCCCCCCCCCCCCCCCC(=O)OC(COC(=O)CCCCCCCCC)COP(=O)(O)OCC(N)C(=O)O. The zero-order valence-electron chi connectivity index (χ0n) is 33.2. The quantitative estimate of drug-likeness (QED) is 0.0308. The topological polar surface area (TPSA) is 172 Å². The molecule has 0 radical (unpaired) electrons. The van der Waals surface area contributed by atoms with Crippen LogP contribution in [-0.4, -0.2) is 59.9 Å². The fourth-order valence-electron chi connectivity index (χ4n) is 6.01. The van der Waals surface area contributed by atoms with Gasteiger partial charge in [0.05, 0.1) is 13.2 Å². The first-order valence-corrected chi connectivity index (χ1v) is 22.6. The largest absolute Gasteiger partial charge is 0.480 e. The highest BCUT2D eigenvalue weighted by Crippen LogP contribution is 2.43. The minimum Gasteiger partial charge on any atom is -0.480 e. The predicted molar refractivity (Wildman–Crippen MR) is 208 cm³/mol. The highest BCUT2D eigenvalue weighted by atomic mass is 31.2. The zero-order valence-corrected chi connectivity index (χ0v) is 34.1. The van der Waals surface area contributed by atoms with Crippen molar-refractivity contribution in [1.82, 2.24) is 0 Å². The third-order valence-electron chi connectivity index (χ3n) is 9.36. The molecule has 12 heteroatoms. The van der Waals surface area contributed by atoms with Crippen molar-refractivity contribution in [3.05, 3.63) is 0 Å². The van der Waals surface area contributed by atoms with Gasteiger partial charge in [0.1, 0.15) is 12.6 Å². The highest BCUT2D eigenvalue weighted by molar-refractivity contribution is 7.47. The van der Waals surface area contributed by atoms with Crippen LogP contribution < -0.4 is 5.73 Å². The summed E-state index contributed by atoms with van der Waals surface area (Å²) in [5.41, 5.74) is 5.31. The number of unbranched alkanes of at least 4 members (excludes halogenated alkanes) is 26. The van der Waals surface area contributed by atoms with Crippen LogP contribution in [0.15, 0.2) is 0 Å². The first kappa shape index (κ1) is 50.5. The molecule has 4 N–H and O–H groups in total. The van der Waals surface area contributed by atoms with Gasteiger partial charge in [0.15, 0.2) is 6.10 Å². The number of ether oxygens (including phenoxy) is 2. The second-order valence-electron chi connectivity index (χ2n) is 14.5. The van der Waals surface area contributed by atoms with Crippen molar-refractivity contribution in [2.45, 2.75) is 219 Å². The van der Waals surface area contributed by atoms with E-state index in [2.05, 4.69) is 18.4 Å². The molecule has 0 aromatic carbocycles. The third-order valence-corrected chi connectivity index (χ3v) is 10.3. The van der Waals surface area contributed by atoms with Crippen LogP contribution in [0.25, 0.3) is 0 Å². The molecule has 0 bridgehead atoms. The fraction of sp³-hybridized carbons (Fsp3) is 0.925. The summed E-state index contributed by atoms with van der Waals surface area (Å²) in [7, 11) is -4.70. The summed E-state index contributed by atoms with van der Waals surface area (Å²) in [5.74, 6) is -2.37. The Morgan fingerprint density at radius 2 is 0.846 bits per heavy atom. The van der Waals surface area contributed by atoms with Crippen LogP contribution in [0, 0.1) is 0 Å². The first-order chi connectivity index (χ1) is 25.1. The van der Waals surface area contributed by atoms with Crippen LogP contribution in [0.5, 0.6) is 0 Å². The number of nitrogens with two attached hydrogens (primary N) is 1. The maximum atomic E-state index is 12.6. The maximum Gasteiger partial charge on any atom is 0.472 e. The van der Waals surface area contributed by atoms with E-state index in [4.69, 9.17) is 24.8 Å². The standard InChI is InChI=1S/C40H78NO10P/c1-3-5-7-9-11-12-13-14-15-16-17-18-19-20-21-22-23-24-26-28-30-32-39(43)51-36(34-49-52(46,47)50-35-37(41)40(44)45)33-48-38(42)31-29-27-25-10-8-6-4-2/h36-37H,3-35,41H2,1-2H3,(H,44,45)(H,46,47). The Morgan fingerprint density at radius 3 is 1.21 bits per heavy atom. The van der Waals surface area contributed by atoms with Gasteiger partial charge in [-0.1, -0.05) is 181 Å². The lowest BCUT2D eigenvalue weighted by Gasteiger charge is -2.20. The smallest absolute Gasteiger partial charge is 0.472 e. The average Bonchev–Trinajstić information content (AvgIpc) is 3.12. The number of hydrogen-bond acceptors (Lipinski definition) is 9. The zero-order chi connectivity index (χ0) is 38.5. The van der Waals surface area contributed by atoms with E-state index in [1.54, 1.807) is 0 Å². The van der Waals surface area contributed by atoms with E-state index in [9.17, 15) is 23.8 Å². The molecule has 0 amide bonds. The van der Waals surface area contributed by atoms with Gasteiger partial charge in [0.25, 0.3) is 0 Å². The van der Waals surface area contributed by atoms with Crippen molar-refractivity contribution >= 4 is 25.7 Å². The Bertz CT molecular complexity index is 906. The Kier molecular flexibility index (Phi) is 35.4. The molecule has 0 fully saturated rings. The van der Waals surface area contributed by atoms with Gasteiger partial charge in [0.2, 0.25) is 0 Å². The van der Waals surface area contributed by atoms with E-state index in [0.29, 0.717) is 12.8 Å². The molecule has 0 aliphatic carbocycles. The van der Waals surface area contributed by atoms with Gasteiger partial charge in [-0.2, -0.15) is 0 Å². The lowest BCUT2D eigenvalue weighted by atomic mass is 10.0. The van der Waals surface area contributed by atoms with Crippen LogP contribution in [0.1, 0.15) is 206 Å². The van der Waals surface area contributed by atoms with E-state index in [0.717, 1.165) is 38.5 Å². The summed E-state index contributed by atoms with van der Waals surface area (Å²) < 4.78 is 32.5. The number of carbonyl (C=O) groups is 3. The van der Waals surface area contributed by atoms with Gasteiger partial charge in [-0.15, -0.1) is 0 Å². The van der Waals surface area contributed by atoms with Crippen molar-refractivity contribution in [3.8, 4) is 0 Å². The van der Waals surface area contributed by atoms with Crippen LogP contribution in [0.3, 0.4) is 0 Å². The monoisotopic (exact) mass is 764 g/mol. The number of hydrogen-bond donors (Lipinski definition) is 3. The molecule has 0 aromatic heterocycles. The number of esters is 2. The summed E-state index contributed by atoms with van der Waals surface area (Å²) in [4.78, 5) is 45.6. The van der Waals surface area contributed by atoms with Gasteiger partial charge in [-0.3, -0.25) is 23.4 Å². The fourth-order valence-corrected chi connectivity index (χ4v) is 6.79. The molecular weight excluding hydrogens is 685 g/mol. The molecule has 0 aliphatic rings. The Morgan fingerprint density at radius 1 is 0.519 bits per heavy atom. The molecule has 0 saturated carbocycles. The van der Waals surface area contributed by atoms with Gasteiger partial charge in [0, 0.05) is 12.8 Å². The average molecular weight is 764 g/mol. The Balaban J connectivity index is 4.16. The number of phosphoric ester groups is 1. The maximum absolute atomic E-state index is 12.6. The third kappa shape index (κ3) is 35.5. The summed E-state index contributed by atoms with van der Waals surface area (Å²) in [6.45, 7) is 2.77. The summed E-state index contributed by atoms with van der Waals surface area (Å²) in [6.07, 6.45) is 33.5. The molecule has 0 aromatic rings. The summed E-state index contributed by atoms with van der Waals surface area (Å²) in [6, 6.07) is -1.51. The van der Waals surface area contributed by atoms with Crippen LogP contribution in [-0.2, 0) is 37.5 Å². The molecule has 0 aliphatic heterocycles. The minimum absolute atomic E-state index is 0.169. The molecule has 3 unspecified atom stereocenters. The second-order valence-corrected chi connectivity index (χ2v) is 15.9. The highest BCUT2D eigenvalue weighted by Gasteiger charge is 2.28. The van der Waals surface area contributed by atoms with E-state index in [1.807, 2.05) is 0 Å². The second kappa shape index (κ2) is 36.5. The Labute approximate surface area is 316 Å². The van der Waals surface area contributed by atoms with E-state index >= 15 is 0 Å². The summed E-state index contributed by atoms with van der Waals surface area (Å²) >= 11 is 0. The van der Waals surface area contributed by atoms with Gasteiger partial charge < -0.3 is 25.2 Å². The minimum atomic E-state index is -4.70. The van der Waals surface area contributed by atoms with E-state index in [1.165, 1.54) is 128 Å².